The van der Waals surface area contributed by atoms with E-state index in [0.717, 1.165) is 5.56 Å². The van der Waals surface area contributed by atoms with Crippen LogP contribution in [0.4, 0.5) is 15.8 Å². The standard InChI is InChI=1S/C20H22FN3O2/c1-20(2)19(26)22-16-9-4-5-10-17(16)24(20)18(25)13-23(3)12-14-7-6-8-15(21)11-14/h4-11H,12-13H2,1-3H3,(H,22,26). The van der Waals surface area contributed by atoms with Crippen molar-refractivity contribution in [2.75, 3.05) is 23.8 Å². The minimum Gasteiger partial charge on any atom is -0.322 e. The Hall–Kier alpha value is -2.73. The number of anilines is 2. The smallest absolute Gasteiger partial charge is 0.250 e. The van der Waals surface area contributed by atoms with E-state index in [1.807, 2.05) is 29.2 Å². The third kappa shape index (κ3) is 3.46. The number of nitrogens with one attached hydrogen (secondary N) is 1. The summed E-state index contributed by atoms with van der Waals surface area (Å²) in [4.78, 5) is 28.8. The second kappa shape index (κ2) is 6.88. The van der Waals surface area contributed by atoms with E-state index in [0.29, 0.717) is 17.9 Å². The molecule has 0 unspecified atom stereocenters. The lowest BCUT2D eigenvalue weighted by Crippen LogP contribution is -2.60. The Labute approximate surface area is 152 Å². The van der Waals surface area contributed by atoms with E-state index in [4.69, 9.17) is 0 Å². The molecule has 1 heterocycles. The van der Waals surface area contributed by atoms with E-state index in [2.05, 4.69) is 5.32 Å². The Balaban J connectivity index is 1.80. The second-order valence-electron chi connectivity index (χ2n) is 7.06. The lowest BCUT2D eigenvalue weighted by molar-refractivity contribution is -0.127. The highest BCUT2D eigenvalue weighted by Crippen LogP contribution is 2.36. The number of carbonyl (C=O) groups excluding carboxylic acids is 2. The van der Waals surface area contributed by atoms with Crippen LogP contribution >= 0.6 is 0 Å². The number of halogens is 1. The normalized spacial score (nSPS) is 15.6. The summed E-state index contributed by atoms with van der Waals surface area (Å²) in [6.07, 6.45) is 0. The molecule has 0 radical (unpaired) electrons. The highest BCUT2D eigenvalue weighted by atomic mass is 19.1. The van der Waals surface area contributed by atoms with Crippen LogP contribution in [0.2, 0.25) is 0 Å². The van der Waals surface area contributed by atoms with Crippen LogP contribution < -0.4 is 10.2 Å². The van der Waals surface area contributed by atoms with Crippen LogP contribution in [-0.4, -0.2) is 35.8 Å². The topological polar surface area (TPSA) is 52.7 Å². The quantitative estimate of drug-likeness (QED) is 0.917. The fourth-order valence-electron chi connectivity index (χ4n) is 3.20. The van der Waals surface area contributed by atoms with Crippen LogP contribution in [0.25, 0.3) is 0 Å². The van der Waals surface area contributed by atoms with Crippen molar-refractivity contribution >= 4 is 23.2 Å². The summed E-state index contributed by atoms with van der Waals surface area (Å²) in [5.74, 6) is -0.710. The van der Waals surface area contributed by atoms with Crippen molar-refractivity contribution in [1.82, 2.24) is 4.90 Å². The molecular formula is C20H22FN3O2. The van der Waals surface area contributed by atoms with Gasteiger partial charge in [-0.3, -0.25) is 19.4 Å². The summed E-state index contributed by atoms with van der Waals surface area (Å²) < 4.78 is 13.3. The molecule has 2 aromatic rings. The number of benzene rings is 2. The number of likely N-dealkylation sites (N-methyl/N-ethyl adjacent to an activating group) is 1. The molecule has 0 bridgehead atoms. The zero-order chi connectivity index (χ0) is 18.9. The van der Waals surface area contributed by atoms with Crippen molar-refractivity contribution in [3.8, 4) is 0 Å². The molecule has 0 fully saturated rings. The number of nitrogens with zero attached hydrogens (tertiary/aromatic N) is 2. The fraction of sp³-hybridized carbons (Fsp3) is 0.300. The first-order valence-electron chi connectivity index (χ1n) is 8.45. The van der Waals surface area contributed by atoms with Gasteiger partial charge in [0.15, 0.2) is 0 Å². The average Bonchev–Trinajstić information content (AvgIpc) is 2.55. The van der Waals surface area contributed by atoms with Gasteiger partial charge in [-0.05, 0) is 50.7 Å². The number of carbonyl (C=O) groups is 2. The molecule has 2 aromatic carbocycles. The number of fused-ring (bicyclic) bond motifs is 1. The maximum absolute atomic E-state index is 13.3. The van der Waals surface area contributed by atoms with Crippen molar-refractivity contribution < 1.29 is 14.0 Å². The third-order valence-electron chi connectivity index (χ3n) is 4.50. The van der Waals surface area contributed by atoms with Crippen molar-refractivity contribution in [1.29, 1.82) is 0 Å². The molecule has 0 atom stereocenters. The molecular weight excluding hydrogens is 333 g/mol. The van der Waals surface area contributed by atoms with Crippen molar-refractivity contribution in [2.45, 2.75) is 25.9 Å². The highest BCUT2D eigenvalue weighted by Gasteiger charge is 2.43. The molecule has 1 aliphatic rings. The van der Waals surface area contributed by atoms with E-state index in [1.165, 1.54) is 12.1 Å². The molecule has 2 amide bonds. The van der Waals surface area contributed by atoms with Gasteiger partial charge in [-0.2, -0.15) is 0 Å². The van der Waals surface area contributed by atoms with Crippen molar-refractivity contribution in [2.24, 2.45) is 0 Å². The maximum Gasteiger partial charge on any atom is 0.250 e. The number of rotatable bonds is 4. The molecule has 0 saturated heterocycles. The molecule has 0 saturated carbocycles. The van der Waals surface area contributed by atoms with Gasteiger partial charge in [0.2, 0.25) is 11.8 Å². The van der Waals surface area contributed by atoms with E-state index >= 15 is 0 Å². The summed E-state index contributed by atoms with van der Waals surface area (Å²) in [5, 5.41) is 2.85. The predicted molar refractivity (Wildman–Crippen MR) is 99.4 cm³/mol. The van der Waals surface area contributed by atoms with Crippen LogP contribution in [0.15, 0.2) is 48.5 Å². The molecule has 1 N–H and O–H groups in total. The maximum atomic E-state index is 13.3. The van der Waals surface area contributed by atoms with Crippen LogP contribution in [-0.2, 0) is 16.1 Å². The van der Waals surface area contributed by atoms with Crippen molar-refractivity contribution in [3.63, 3.8) is 0 Å². The number of hydrogen-bond acceptors (Lipinski definition) is 3. The van der Waals surface area contributed by atoms with Crippen molar-refractivity contribution in [3.05, 3.63) is 59.9 Å². The van der Waals surface area contributed by atoms with E-state index in [9.17, 15) is 14.0 Å². The summed E-state index contributed by atoms with van der Waals surface area (Å²) in [5.41, 5.74) is 1.10. The highest BCUT2D eigenvalue weighted by molar-refractivity contribution is 6.14. The predicted octanol–water partition coefficient (Wildman–Crippen LogP) is 3.02. The summed E-state index contributed by atoms with van der Waals surface area (Å²) >= 11 is 0. The molecule has 0 spiro atoms. The Bertz CT molecular complexity index is 850. The van der Waals surface area contributed by atoms with Crippen LogP contribution in [0, 0.1) is 5.82 Å². The number of para-hydroxylation sites is 2. The van der Waals surface area contributed by atoms with Gasteiger partial charge in [0.1, 0.15) is 11.4 Å². The number of hydrogen-bond donors (Lipinski definition) is 1. The molecule has 136 valence electrons. The minimum absolute atomic E-state index is 0.113. The summed E-state index contributed by atoms with van der Waals surface area (Å²) in [7, 11) is 1.80. The van der Waals surface area contributed by atoms with Gasteiger partial charge in [-0.15, -0.1) is 0 Å². The average molecular weight is 355 g/mol. The van der Waals surface area contributed by atoms with Gasteiger partial charge in [-0.25, -0.2) is 4.39 Å². The molecule has 0 aromatic heterocycles. The zero-order valence-electron chi connectivity index (χ0n) is 15.1. The molecule has 3 rings (SSSR count). The zero-order valence-corrected chi connectivity index (χ0v) is 15.1. The van der Waals surface area contributed by atoms with Gasteiger partial charge in [0.05, 0.1) is 17.9 Å². The monoisotopic (exact) mass is 355 g/mol. The van der Waals surface area contributed by atoms with E-state index in [-0.39, 0.29) is 24.2 Å². The van der Waals surface area contributed by atoms with E-state index < -0.39 is 5.54 Å². The van der Waals surface area contributed by atoms with Crippen LogP contribution in [0.1, 0.15) is 19.4 Å². The summed E-state index contributed by atoms with van der Waals surface area (Å²) in [6.45, 7) is 4.00. The van der Waals surface area contributed by atoms with Gasteiger partial charge in [0, 0.05) is 6.54 Å². The molecule has 0 aliphatic carbocycles. The Kier molecular flexibility index (Phi) is 4.78. The lowest BCUT2D eigenvalue weighted by Gasteiger charge is -2.42. The first-order chi connectivity index (χ1) is 12.3. The van der Waals surface area contributed by atoms with E-state index in [1.54, 1.807) is 37.9 Å². The number of amides is 2. The molecule has 6 heteroatoms. The van der Waals surface area contributed by atoms with Gasteiger partial charge >= 0.3 is 0 Å². The molecule has 1 aliphatic heterocycles. The Morgan fingerprint density at radius 3 is 2.65 bits per heavy atom. The Morgan fingerprint density at radius 2 is 1.92 bits per heavy atom. The third-order valence-corrected chi connectivity index (χ3v) is 4.50. The molecule has 26 heavy (non-hydrogen) atoms. The second-order valence-corrected chi connectivity index (χ2v) is 7.06. The van der Waals surface area contributed by atoms with Crippen LogP contribution in [0.5, 0.6) is 0 Å². The largest absolute Gasteiger partial charge is 0.322 e. The first-order valence-corrected chi connectivity index (χ1v) is 8.45. The first kappa shape index (κ1) is 18.1. The SMILES string of the molecule is CN(CC(=O)N1c2ccccc2NC(=O)C1(C)C)Cc1cccc(F)c1. The Morgan fingerprint density at radius 1 is 1.19 bits per heavy atom. The molecule has 5 nitrogen and oxygen atoms in total. The van der Waals surface area contributed by atoms with Gasteiger partial charge in [-0.1, -0.05) is 24.3 Å². The summed E-state index contributed by atoms with van der Waals surface area (Å²) in [6, 6.07) is 13.6. The lowest BCUT2D eigenvalue weighted by atomic mass is 9.96. The van der Waals surface area contributed by atoms with Gasteiger partial charge < -0.3 is 5.32 Å². The van der Waals surface area contributed by atoms with Crippen LogP contribution in [0.3, 0.4) is 0 Å². The fourth-order valence-corrected chi connectivity index (χ4v) is 3.20. The van der Waals surface area contributed by atoms with Gasteiger partial charge in [0.25, 0.3) is 0 Å². The minimum atomic E-state index is -0.995.